The van der Waals surface area contributed by atoms with Crippen LogP contribution >= 0.6 is 0 Å². The van der Waals surface area contributed by atoms with E-state index in [9.17, 15) is 0 Å². The van der Waals surface area contributed by atoms with Gasteiger partial charge in [0.15, 0.2) is 17.4 Å². The van der Waals surface area contributed by atoms with Crippen LogP contribution in [0.25, 0.3) is 33.6 Å². The van der Waals surface area contributed by atoms with E-state index < -0.39 is 0 Å². The van der Waals surface area contributed by atoms with Crippen LogP contribution in [0.3, 0.4) is 0 Å². The topological polar surface area (TPSA) is 7.76 Å². The van der Waals surface area contributed by atoms with Crippen molar-refractivity contribution in [3.63, 3.8) is 0 Å². The number of benzene rings is 3. The Morgan fingerprint density at radius 1 is 0.762 bits per heavy atom. The van der Waals surface area contributed by atoms with E-state index in [2.05, 4.69) is 160 Å². The maximum Gasteiger partial charge on any atom is 0.213 e. The summed E-state index contributed by atoms with van der Waals surface area (Å²) >= 11 is 0. The summed E-state index contributed by atoms with van der Waals surface area (Å²) in [6, 6.07) is 38.7. The predicted molar refractivity (Wildman–Crippen MR) is 172 cm³/mol. The Balaban J connectivity index is 1.49. The monoisotopic (exact) mass is 550 g/mol. The van der Waals surface area contributed by atoms with Gasteiger partial charge in [0, 0.05) is 37.1 Å². The second-order valence-corrected chi connectivity index (χ2v) is 13.2. The van der Waals surface area contributed by atoms with E-state index in [-0.39, 0.29) is 16.4 Å². The van der Waals surface area contributed by atoms with Crippen molar-refractivity contribution in [2.45, 2.75) is 70.3 Å². The van der Waals surface area contributed by atoms with Gasteiger partial charge in [-0.3, -0.25) is 0 Å². The maximum absolute atomic E-state index is 2.78. The van der Waals surface area contributed by atoms with Crippen LogP contribution < -0.4 is 9.13 Å². The summed E-state index contributed by atoms with van der Waals surface area (Å²) < 4.78 is 5.07. The Labute approximate surface area is 251 Å². The minimum Gasteiger partial charge on any atom is -0.201 e. The van der Waals surface area contributed by atoms with Crippen molar-refractivity contribution in [3.8, 4) is 33.6 Å². The number of fused-ring (bicyclic) bond motifs is 2. The van der Waals surface area contributed by atoms with Gasteiger partial charge in [-0.05, 0) is 80.1 Å². The van der Waals surface area contributed by atoms with E-state index in [0.717, 1.165) is 19.3 Å². The highest BCUT2D eigenvalue weighted by Crippen LogP contribution is 2.60. The molecule has 42 heavy (non-hydrogen) atoms. The molecule has 2 nitrogen and oxygen atoms in total. The van der Waals surface area contributed by atoms with Gasteiger partial charge < -0.3 is 0 Å². The third kappa shape index (κ3) is 3.44. The first-order valence-electron chi connectivity index (χ1n) is 15.5. The maximum atomic E-state index is 2.78. The fourth-order valence-electron chi connectivity index (χ4n) is 8.90. The molecular formula is C40H42N2+2. The number of pyridine rings is 2. The van der Waals surface area contributed by atoms with Gasteiger partial charge >= 0.3 is 0 Å². The lowest BCUT2D eigenvalue weighted by atomic mass is 9.49. The Morgan fingerprint density at radius 2 is 1.45 bits per heavy atom. The molecule has 2 aromatic heterocycles. The van der Waals surface area contributed by atoms with Crippen molar-refractivity contribution < 1.29 is 9.13 Å². The molecule has 0 saturated heterocycles. The molecule has 2 aliphatic rings. The number of aryl methyl sites for hydroxylation is 3. The van der Waals surface area contributed by atoms with Gasteiger partial charge in [-0.1, -0.05) is 67.6 Å². The smallest absolute Gasteiger partial charge is 0.201 e. The first kappa shape index (κ1) is 26.8. The Kier molecular flexibility index (Phi) is 6.06. The summed E-state index contributed by atoms with van der Waals surface area (Å²) in [5.41, 5.74) is 13.2. The Morgan fingerprint density at radius 3 is 2.21 bits per heavy atom. The fraction of sp³-hybridized carbons (Fsp3) is 0.300. The molecule has 0 saturated carbocycles. The van der Waals surface area contributed by atoms with E-state index in [1.165, 1.54) is 56.0 Å². The molecule has 0 aliphatic carbocycles. The fourth-order valence-corrected chi connectivity index (χ4v) is 8.90. The lowest BCUT2D eigenvalue weighted by Crippen LogP contribution is -2.74. The van der Waals surface area contributed by atoms with Crippen LogP contribution in [0.2, 0.25) is 0 Å². The third-order valence-electron chi connectivity index (χ3n) is 11.1. The zero-order chi connectivity index (χ0) is 29.3. The van der Waals surface area contributed by atoms with Crippen LogP contribution in [-0.2, 0) is 29.8 Å². The van der Waals surface area contributed by atoms with Gasteiger partial charge in [0.05, 0.1) is 22.0 Å². The predicted octanol–water partition coefficient (Wildman–Crippen LogP) is 8.41. The molecule has 210 valence electrons. The summed E-state index contributed by atoms with van der Waals surface area (Å²) in [6.07, 6.45) is 5.52. The molecule has 0 bridgehead atoms. The number of aromatic nitrogens is 2. The van der Waals surface area contributed by atoms with Crippen LogP contribution in [0.5, 0.6) is 0 Å². The van der Waals surface area contributed by atoms with Crippen molar-refractivity contribution in [1.29, 1.82) is 0 Å². The largest absolute Gasteiger partial charge is 0.213 e. The molecule has 0 fully saturated rings. The molecule has 2 heteroatoms. The molecule has 4 heterocycles. The van der Waals surface area contributed by atoms with Gasteiger partial charge in [0.25, 0.3) is 0 Å². The highest BCUT2D eigenvalue weighted by Gasteiger charge is 2.70. The summed E-state index contributed by atoms with van der Waals surface area (Å²) in [4.78, 5) is 0. The molecule has 0 radical (unpaired) electrons. The number of nitrogens with zero attached hydrogens (tertiary/aromatic N) is 2. The molecule has 0 N–H and O–H groups in total. The van der Waals surface area contributed by atoms with E-state index in [1.807, 2.05) is 0 Å². The SMILES string of the molecule is CCC1(C)c2ccccc2-c2cccc3[n+]2C1(C(C)(C)c1ccccc1-c1cc(-c2ccccc2C)cc[n+]1C)CC3. The second-order valence-electron chi connectivity index (χ2n) is 13.2. The number of hydrogen-bond donors (Lipinski definition) is 0. The molecule has 2 unspecified atom stereocenters. The summed E-state index contributed by atoms with van der Waals surface area (Å²) in [5, 5.41) is 0. The van der Waals surface area contributed by atoms with E-state index in [0.29, 0.717) is 0 Å². The standard InChI is InChI=1S/C40H42N2/c1-7-39(5)35-21-13-11-19-33(35)36-22-14-16-30-23-25-40(39,42(30)36)38(3,4)34-20-12-10-18-32(34)37-27-29(24-26-41(37)6)31-17-9-8-15-28(31)2/h8-22,24,26-27H,7,23,25H2,1-6H3/q+2. The zero-order valence-electron chi connectivity index (χ0n) is 25.9. The first-order chi connectivity index (χ1) is 20.2. The summed E-state index contributed by atoms with van der Waals surface area (Å²) in [5.74, 6) is 0. The van der Waals surface area contributed by atoms with Crippen LogP contribution in [0.15, 0.2) is 109 Å². The quantitative estimate of drug-likeness (QED) is 0.194. The zero-order valence-corrected chi connectivity index (χ0v) is 25.9. The number of rotatable bonds is 5. The number of hydrogen-bond acceptors (Lipinski definition) is 0. The molecule has 3 aromatic carbocycles. The summed E-state index contributed by atoms with van der Waals surface area (Å²) in [6.45, 7) is 12.2. The minimum absolute atomic E-state index is 0.0460. The van der Waals surface area contributed by atoms with Crippen molar-refractivity contribution in [1.82, 2.24) is 0 Å². The van der Waals surface area contributed by atoms with E-state index in [4.69, 9.17) is 0 Å². The van der Waals surface area contributed by atoms with Gasteiger partial charge in [-0.15, -0.1) is 0 Å². The lowest BCUT2D eigenvalue weighted by Gasteiger charge is -2.54. The third-order valence-corrected chi connectivity index (χ3v) is 11.1. The first-order valence-corrected chi connectivity index (χ1v) is 15.5. The molecule has 0 spiro atoms. The Hall–Kier alpha value is -4.04. The molecule has 0 amide bonds. The van der Waals surface area contributed by atoms with Crippen LogP contribution in [0.4, 0.5) is 0 Å². The molecule has 2 aliphatic heterocycles. The van der Waals surface area contributed by atoms with Crippen LogP contribution in [0, 0.1) is 6.92 Å². The molecule has 7 rings (SSSR count). The van der Waals surface area contributed by atoms with Gasteiger partial charge in [0.1, 0.15) is 7.05 Å². The van der Waals surface area contributed by atoms with Crippen molar-refractivity contribution >= 4 is 0 Å². The Bertz CT molecular complexity index is 1850. The average Bonchev–Trinajstić information content (AvgIpc) is 3.43. The van der Waals surface area contributed by atoms with E-state index in [1.54, 1.807) is 0 Å². The summed E-state index contributed by atoms with van der Waals surface area (Å²) in [7, 11) is 2.18. The van der Waals surface area contributed by atoms with Crippen molar-refractivity contribution in [3.05, 3.63) is 132 Å². The van der Waals surface area contributed by atoms with Gasteiger partial charge in [-0.2, -0.15) is 4.57 Å². The second kappa shape index (κ2) is 9.49. The van der Waals surface area contributed by atoms with Crippen molar-refractivity contribution in [2.75, 3.05) is 0 Å². The van der Waals surface area contributed by atoms with Crippen LogP contribution in [-0.4, -0.2) is 0 Å². The van der Waals surface area contributed by atoms with Crippen molar-refractivity contribution in [2.24, 2.45) is 7.05 Å². The minimum atomic E-state index is -0.181. The molecule has 5 aromatic rings. The average molecular weight is 551 g/mol. The van der Waals surface area contributed by atoms with E-state index >= 15 is 0 Å². The highest BCUT2D eigenvalue weighted by atomic mass is 15.2. The van der Waals surface area contributed by atoms with Gasteiger partial charge in [0.2, 0.25) is 11.4 Å². The van der Waals surface area contributed by atoms with Crippen LogP contribution in [0.1, 0.15) is 62.9 Å². The molecular weight excluding hydrogens is 508 g/mol. The molecule has 2 atom stereocenters. The van der Waals surface area contributed by atoms with Gasteiger partial charge in [-0.25, -0.2) is 4.57 Å². The lowest BCUT2D eigenvalue weighted by molar-refractivity contribution is -0.770. The highest BCUT2D eigenvalue weighted by molar-refractivity contribution is 5.73. The normalized spacial score (nSPS) is 20.7.